The SMILES string of the molecule is C/C=C/OCC(=O)O[Si](C)(C)c1ccccc1. The van der Waals surface area contributed by atoms with E-state index in [1.54, 1.807) is 6.08 Å². The van der Waals surface area contributed by atoms with Crippen LogP contribution in [0.25, 0.3) is 0 Å². The smallest absolute Gasteiger partial charge is 0.331 e. The predicted molar refractivity (Wildman–Crippen MR) is 70.4 cm³/mol. The number of carbonyl (C=O) groups is 1. The number of ether oxygens (including phenoxy) is 1. The van der Waals surface area contributed by atoms with Gasteiger partial charge in [-0.1, -0.05) is 36.4 Å². The van der Waals surface area contributed by atoms with Gasteiger partial charge in [0.1, 0.15) is 0 Å². The van der Waals surface area contributed by atoms with Gasteiger partial charge in [0.15, 0.2) is 6.61 Å². The molecule has 92 valence electrons. The van der Waals surface area contributed by atoms with E-state index in [1.807, 2.05) is 50.3 Å². The maximum absolute atomic E-state index is 11.6. The van der Waals surface area contributed by atoms with Gasteiger partial charge in [0.25, 0.3) is 8.32 Å². The summed E-state index contributed by atoms with van der Waals surface area (Å²) in [6.07, 6.45) is 3.21. The van der Waals surface area contributed by atoms with Crippen molar-refractivity contribution in [3.05, 3.63) is 42.7 Å². The van der Waals surface area contributed by atoms with Crippen molar-refractivity contribution in [1.82, 2.24) is 0 Å². The molecule has 0 unspecified atom stereocenters. The summed E-state index contributed by atoms with van der Waals surface area (Å²) < 4.78 is 10.5. The van der Waals surface area contributed by atoms with Gasteiger partial charge < -0.3 is 9.16 Å². The van der Waals surface area contributed by atoms with E-state index in [9.17, 15) is 4.79 Å². The third-order valence-corrected chi connectivity index (χ3v) is 4.73. The number of rotatable bonds is 5. The van der Waals surface area contributed by atoms with Crippen molar-refractivity contribution in [2.45, 2.75) is 20.0 Å². The quantitative estimate of drug-likeness (QED) is 0.593. The average molecular weight is 250 g/mol. The van der Waals surface area contributed by atoms with E-state index < -0.39 is 8.32 Å². The minimum atomic E-state index is -2.16. The Morgan fingerprint density at radius 3 is 2.53 bits per heavy atom. The highest BCUT2D eigenvalue weighted by atomic mass is 28.4. The predicted octanol–water partition coefficient (Wildman–Crippen LogP) is 2.19. The summed E-state index contributed by atoms with van der Waals surface area (Å²) in [5, 5.41) is 1.10. The molecule has 0 aliphatic heterocycles. The van der Waals surface area contributed by atoms with Gasteiger partial charge in [-0.25, -0.2) is 4.79 Å². The first-order chi connectivity index (χ1) is 8.06. The van der Waals surface area contributed by atoms with Gasteiger partial charge in [-0.2, -0.15) is 0 Å². The molecule has 0 saturated heterocycles. The van der Waals surface area contributed by atoms with E-state index in [0.717, 1.165) is 5.19 Å². The van der Waals surface area contributed by atoms with Gasteiger partial charge in [0.2, 0.25) is 0 Å². The molecule has 1 aromatic carbocycles. The Morgan fingerprint density at radius 2 is 1.94 bits per heavy atom. The molecule has 0 radical (unpaired) electrons. The molecule has 0 fully saturated rings. The fourth-order valence-electron chi connectivity index (χ4n) is 1.42. The summed E-state index contributed by atoms with van der Waals surface area (Å²) in [7, 11) is -2.16. The first kappa shape index (κ1) is 13.5. The monoisotopic (exact) mass is 250 g/mol. The van der Waals surface area contributed by atoms with Gasteiger partial charge in [0.05, 0.1) is 6.26 Å². The van der Waals surface area contributed by atoms with Crippen molar-refractivity contribution < 1.29 is 14.0 Å². The molecular weight excluding hydrogens is 232 g/mol. The van der Waals surface area contributed by atoms with Crippen LogP contribution in [0.1, 0.15) is 6.92 Å². The fourth-order valence-corrected chi connectivity index (χ4v) is 3.17. The molecule has 0 aromatic heterocycles. The molecule has 0 spiro atoms. The normalized spacial score (nSPS) is 11.5. The highest BCUT2D eigenvalue weighted by Crippen LogP contribution is 2.05. The minimum Gasteiger partial charge on any atom is -0.513 e. The van der Waals surface area contributed by atoms with E-state index in [0.29, 0.717) is 0 Å². The van der Waals surface area contributed by atoms with Crippen LogP contribution in [0, 0.1) is 0 Å². The van der Waals surface area contributed by atoms with Crippen LogP contribution in [0.5, 0.6) is 0 Å². The van der Waals surface area contributed by atoms with Crippen LogP contribution < -0.4 is 5.19 Å². The topological polar surface area (TPSA) is 35.5 Å². The number of allylic oxidation sites excluding steroid dienone is 1. The second-order valence-electron chi connectivity index (χ2n) is 4.13. The van der Waals surface area contributed by atoms with E-state index in [4.69, 9.17) is 9.16 Å². The van der Waals surface area contributed by atoms with Crippen molar-refractivity contribution in [2.24, 2.45) is 0 Å². The summed E-state index contributed by atoms with van der Waals surface area (Å²) in [5.74, 6) is -0.316. The van der Waals surface area contributed by atoms with Crippen molar-refractivity contribution in [1.29, 1.82) is 0 Å². The average Bonchev–Trinajstić information content (AvgIpc) is 2.30. The molecular formula is C13H18O3Si. The van der Waals surface area contributed by atoms with Crippen molar-refractivity contribution >= 4 is 19.5 Å². The van der Waals surface area contributed by atoms with Crippen LogP contribution in [0.15, 0.2) is 42.7 Å². The van der Waals surface area contributed by atoms with Crippen LogP contribution in [0.4, 0.5) is 0 Å². The molecule has 0 saturated carbocycles. The van der Waals surface area contributed by atoms with Gasteiger partial charge in [-0.3, -0.25) is 0 Å². The Morgan fingerprint density at radius 1 is 1.29 bits per heavy atom. The van der Waals surface area contributed by atoms with E-state index in [2.05, 4.69) is 0 Å². The number of benzene rings is 1. The Bertz CT molecular complexity index is 385. The molecule has 4 heteroatoms. The zero-order valence-electron chi connectivity index (χ0n) is 10.5. The molecule has 0 N–H and O–H groups in total. The van der Waals surface area contributed by atoms with E-state index in [1.165, 1.54) is 6.26 Å². The molecule has 3 nitrogen and oxygen atoms in total. The maximum Gasteiger partial charge on any atom is 0.331 e. The molecule has 1 rings (SSSR count). The largest absolute Gasteiger partial charge is 0.513 e. The standard InChI is InChI=1S/C13H18O3Si/c1-4-10-15-11-13(14)16-17(2,3)12-8-6-5-7-9-12/h4-10H,11H2,1-3H3/b10-4+. The van der Waals surface area contributed by atoms with Gasteiger partial charge >= 0.3 is 5.97 Å². The van der Waals surface area contributed by atoms with Crippen LogP contribution in [0.3, 0.4) is 0 Å². The lowest BCUT2D eigenvalue weighted by Gasteiger charge is -2.22. The molecule has 1 aromatic rings. The van der Waals surface area contributed by atoms with Gasteiger partial charge in [0, 0.05) is 0 Å². The number of hydrogen-bond donors (Lipinski definition) is 0. The third kappa shape index (κ3) is 4.44. The first-order valence-corrected chi connectivity index (χ1v) is 8.47. The first-order valence-electron chi connectivity index (χ1n) is 5.56. The minimum absolute atomic E-state index is 0.0341. The van der Waals surface area contributed by atoms with E-state index in [-0.39, 0.29) is 12.6 Å². The van der Waals surface area contributed by atoms with E-state index >= 15 is 0 Å². The van der Waals surface area contributed by atoms with Crippen LogP contribution in [-0.4, -0.2) is 20.9 Å². The summed E-state index contributed by atoms with van der Waals surface area (Å²) in [6.45, 7) is 5.79. The highest BCUT2D eigenvalue weighted by molar-refractivity contribution is 6.85. The van der Waals surface area contributed by atoms with Crippen molar-refractivity contribution in [3.8, 4) is 0 Å². The number of carbonyl (C=O) groups excluding carboxylic acids is 1. The summed E-state index contributed by atoms with van der Waals surface area (Å²) in [6, 6.07) is 9.84. The lowest BCUT2D eigenvalue weighted by Crippen LogP contribution is -2.46. The summed E-state index contributed by atoms with van der Waals surface area (Å²) in [5.41, 5.74) is 0. The maximum atomic E-state index is 11.6. The molecule has 0 atom stereocenters. The molecule has 0 aliphatic rings. The zero-order chi connectivity index (χ0) is 12.7. The molecule has 17 heavy (non-hydrogen) atoms. The van der Waals surface area contributed by atoms with Gasteiger partial charge in [-0.05, 0) is 25.2 Å². The third-order valence-electron chi connectivity index (χ3n) is 2.27. The number of hydrogen-bond acceptors (Lipinski definition) is 3. The van der Waals surface area contributed by atoms with Crippen LogP contribution >= 0.6 is 0 Å². The molecule has 0 bridgehead atoms. The Hall–Kier alpha value is -1.55. The molecule has 0 heterocycles. The lowest BCUT2D eigenvalue weighted by molar-refractivity contribution is -0.138. The van der Waals surface area contributed by atoms with Crippen molar-refractivity contribution in [3.63, 3.8) is 0 Å². The zero-order valence-corrected chi connectivity index (χ0v) is 11.5. The highest BCUT2D eigenvalue weighted by Gasteiger charge is 2.29. The van der Waals surface area contributed by atoms with Crippen molar-refractivity contribution in [2.75, 3.05) is 6.61 Å². The Labute approximate surface area is 103 Å². The molecule has 0 aliphatic carbocycles. The Balaban J connectivity index is 2.58. The van der Waals surface area contributed by atoms with Gasteiger partial charge in [-0.15, -0.1) is 0 Å². The lowest BCUT2D eigenvalue weighted by atomic mass is 10.4. The van der Waals surface area contributed by atoms with Crippen LogP contribution in [0.2, 0.25) is 13.1 Å². The molecule has 0 amide bonds. The summed E-state index contributed by atoms with van der Waals surface area (Å²) in [4.78, 5) is 11.6. The second kappa shape index (κ2) is 6.25. The van der Waals surface area contributed by atoms with Crippen LogP contribution in [-0.2, 0) is 14.0 Å². The fraction of sp³-hybridized carbons (Fsp3) is 0.308. The second-order valence-corrected chi connectivity index (χ2v) is 7.93. The summed E-state index contributed by atoms with van der Waals surface area (Å²) >= 11 is 0. The Kier molecular flexibility index (Phi) is 4.97.